The molecule has 0 saturated carbocycles. The molecular weight excluding hydrogens is 184 g/mol. The summed E-state index contributed by atoms with van der Waals surface area (Å²) in [6.45, 7) is 2.79. The van der Waals surface area contributed by atoms with E-state index in [0.717, 1.165) is 22.6 Å². The van der Waals surface area contributed by atoms with Gasteiger partial charge in [-0.3, -0.25) is 0 Å². The molecule has 0 aliphatic rings. The van der Waals surface area contributed by atoms with E-state index >= 15 is 0 Å². The second-order valence-corrected chi connectivity index (χ2v) is 3.34. The number of nitrogens with one attached hydrogen (secondary N) is 1. The monoisotopic (exact) mass is 194 g/mol. The Balaban J connectivity index is 2.33. The first-order valence-electron chi connectivity index (χ1n) is 4.03. The van der Waals surface area contributed by atoms with Gasteiger partial charge in [0.15, 0.2) is 4.77 Å². The topological polar surface area (TPSA) is 33.9 Å². The molecule has 0 amide bonds. The van der Waals surface area contributed by atoms with Gasteiger partial charge in [-0.1, -0.05) is 0 Å². The molecule has 0 aliphatic heterocycles. The molecule has 0 atom stereocenters. The highest BCUT2D eigenvalue weighted by atomic mass is 32.1. The summed E-state index contributed by atoms with van der Waals surface area (Å²) < 4.78 is 7.76. The average Bonchev–Trinajstić information content (AvgIpc) is 2.70. The molecule has 0 spiro atoms. The van der Waals surface area contributed by atoms with Crippen LogP contribution in [0.15, 0.2) is 29.2 Å². The van der Waals surface area contributed by atoms with E-state index in [1.807, 2.05) is 23.8 Å². The maximum atomic E-state index is 5.12. The van der Waals surface area contributed by atoms with Crippen molar-refractivity contribution < 1.29 is 4.42 Å². The van der Waals surface area contributed by atoms with Gasteiger partial charge in [0.05, 0.1) is 19.1 Å². The smallest absolute Gasteiger partial charge is 0.177 e. The summed E-state index contributed by atoms with van der Waals surface area (Å²) in [5.41, 5.74) is 2.25. The van der Waals surface area contributed by atoms with Crippen LogP contribution >= 0.6 is 12.2 Å². The molecule has 0 aromatic carbocycles. The first-order chi connectivity index (χ1) is 6.27. The van der Waals surface area contributed by atoms with Crippen LogP contribution in [0.1, 0.15) is 11.3 Å². The fourth-order valence-electron chi connectivity index (χ4n) is 1.24. The van der Waals surface area contributed by atoms with E-state index in [0.29, 0.717) is 0 Å². The number of imidazole rings is 1. The molecule has 0 unspecified atom stereocenters. The van der Waals surface area contributed by atoms with Crippen molar-refractivity contribution in [3.05, 3.63) is 40.8 Å². The van der Waals surface area contributed by atoms with Crippen LogP contribution in [0, 0.1) is 11.7 Å². The Hall–Kier alpha value is -1.29. The number of rotatable bonds is 2. The summed E-state index contributed by atoms with van der Waals surface area (Å²) in [6.07, 6.45) is 5.30. The van der Waals surface area contributed by atoms with Crippen LogP contribution in [-0.2, 0) is 6.54 Å². The van der Waals surface area contributed by atoms with E-state index in [1.165, 1.54) is 0 Å². The highest BCUT2D eigenvalue weighted by Crippen LogP contribution is 2.06. The zero-order chi connectivity index (χ0) is 9.26. The summed E-state index contributed by atoms with van der Waals surface area (Å²) >= 11 is 5.12. The summed E-state index contributed by atoms with van der Waals surface area (Å²) in [5.74, 6) is 0. The first-order valence-corrected chi connectivity index (χ1v) is 4.44. The fourth-order valence-corrected chi connectivity index (χ4v) is 1.51. The second-order valence-electron chi connectivity index (χ2n) is 2.95. The molecule has 2 heterocycles. The van der Waals surface area contributed by atoms with E-state index in [4.69, 9.17) is 16.6 Å². The van der Waals surface area contributed by atoms with E-state index in [9.17, 15) is 0 Å². The lowest BCUT2D eigenvalue weighted by Crippen LogP contribution is -2.00. The first kappa shape index (κ1) is 8.31. The maximum Gasteiger partial charge on any atom is 0.177 e. The minimum Gasteiger partial charge on any atom is -0.472 e. The van der Waals surface area contributed by atoms with Crippen molar-refractivity contribution in [2.45, 2.75) is 13.5 Å². The van der Waals surface area contributed by atoms with Gasteiger partial charge < -0.3 is 14.0 Å². The van der Waals surface area contributed by atoms with Gasteiger partial charge in [0, 0.05) is 17.5 Å². The molecule has 1 N–H and O–H groups in total. The van der Waals surface area contributed by atoms with Crippen molar-refractivity contribution in [3.8, 4) is 0 Å². The van der Waals surface area contributed by atoms with Gasteiger partial charge in [-0.25, -0.2) is 0 Å². The number of furan rings is 1. The third-order valence-electron chi connectivity index (χ3n) is 2.00. The Morgan fingerprint density at radius 1 is 1.62 bits per heavy atom. The van der Waals surface area contributed by atoms with Gasteiger partial charge in [0.25, 0.3) is 0 Å². The number of aromatic nitrogens is 2. The third-order valence-corrected chi connectivity index (χ3v) is 2.33. The quantitative estimate of drug-likeness (QED) is 0.745. The number of hydrogen-bond acceptors (Lipinski definition) is 2. The van der Waals surface area contributed by atoms with Gasteiger partial charge in [0.2, 0.25) is 0 Å². The highest BCUT2D eigenvalue weighted by Gasteiger charge is 2.00. The molecule has 0 radical (unpaired) electrons. The molecule has 13 heavy (non-hydrogen) atoms. The van der Waals surface area contributed by atoms with E-state index < -0.39 is 0 Å². The van der Waals surface area contributed by atoms with Gasteiger partial charge >= 0.3 is 0 Å². The summed E-state index contributed by atoms with van der Waals surface area (Å²) in [6, 6.07) is 1.94. The highest BCUT2D eigenvalue weighted by molar-refractivity contribution is 7.71. The van der Waals surface area contributed by atoms with Crippen LogP contribution < -0.4 is 0 Å². The van der Waals surface area contributed by atoms with Crippen molar-refractivity contribution in [1.82, 2.24) is 9.55 Å². The Kier molecular flexibility index (Phi) is 2.06. The van der Waals surface area contributed by atoms with Crippen LogP contribution in [0.25, 0.3) is 0 Å². The molecule has 0 fully saturated rings. The van der Waals surface area contributed by atoms with Crippen molar-refractivity contribution in [3.63, 3.8) is 0 Å². The average molecular weight is 194 g/mol. The molecule has 0 saturated heterocycles. The Bertz CT molecular complexity index is 438. The summed E-state index contributed by atoms with van der Waals surface area (Å²) in [4.78, 5) is 3.00. The minimum atomic E-state index is 0.749. The number of nitrogens with zero attached hydrogens (tertiary/aromatic N) is 1. The molecule has 2 aromatic rings. The predicted molar refractivity (Wildman–Crippen MR) is 52.2 cm³/mol. The molecule has 0 aliphatic carbocycles. The zero-order valence-electron chi connectivity index (χ0n) is 7.28. The normalized spacial score (nSPS) is 10.5. The van der Waals surface area contributed by atoms with E-state index in [-0.39, 0.29) is 0 Å². The van der Waals surface area contributed by atoms with Crippen molar-refractivity contribution in [1.29, 1.82) is 0 Å². The van der Waals surface area contributed by atoms with Crippen LogP contribution in [0.4, 0.5) is 0 Å². The fraction of sp³-hybridized carbons (Fsp3) is 0.222. The number of H-pyrrole nitrogens is 1. The molecule has 3 nitrogen and oxygen atoms in total. The second kappa shape index (κ2) is 3.22. The SMILES string of the molecule is Cc1c[nH]c(=S)n1Cc1ccoc1. The van der Waals surface area contributed by atoms with Crippen LogP contribution in [-0.4, -0.2) is 9.55 Å². The molecular formula is C9H10N2OS. The third kappa shape index (κ3) is 1.58. The van der Waals surface area contributed by atoms with Gasteiger partial charge in [-0.2, -0.15) is 0 Å². The largest absolute Gasteiger partial charge is 0.472 e. The number of hydrogen-bond donors (Lipinski definition) is 1. The van der Waals surface area contributed by atoms with Crippen LogP contribution in [0.3, 0.4) is 0 Å². The van der Waals surface area contributed by atoms with Crippen molar-refractivity contribution in [2.24, 2.45) is 0 Å². The number of aromatic amines is 1. The number of aryl methyl sites for hydroxylation is 1. The standard InChI is InChI=1S/C9H10N2OS/c1-7-4-10-9(13)11(7)5-8-2-3-12-6-8/h2-4,6H,5H2,1H3,(H,10,13). The van der Waals surface area contributed by atoms with Crippen LogP contribution in [0.2, 0.25) is 0 Å². The molecule has 68 valence electrons. The van der Waals surface area contributed by atoms with Crippen molar-refractivity contribution in [2.75, 3.05) is 0 Å². The van der Waals surface area contributed by atoms with E-state index in [2.05, 4.69) is 4.98 Å². The Labute approximate surface area is 81.0 Å². The van der Waals surface area contributed by atoms with E-state index in [1.54, 1.807) is 12.5 Å². The molecule has 2 rings (SSSR count). The lowest BCUT2D eigenvalue weighted by atomic mass is 10.3. The molecule has 4 heteroatoms. The molecule has 2 aromatic heterocycles. The lowest BCUT2D eigenvalue weighted by Gasteiger charge is -2.01. The van der Waals surface area contributed by atoms with Crippen LogP contribution in [0.5, 0.6) is 0 Å². The lowest BCUT2D eigenvalue weighted by molar-refractivity contribution is 0.561. The maximum absolute atomic E-state index is 5.12. The zero-order valence-corrected chi connectivity index (χ0v) is 8.10. The van der Waals surface area contributed by atoms with Crippen molar-refractivity contribution >= 4 is 12.2 Å². The molecule has 0 bridgehead atoms. The van der Waals surface area contributed by atoms with Gasteiger partial charge in [-0.15, -0.1) is 0 Å². The Morgan fingerprint density at radius 2 is 2.46 bits per heavy atom. The minimum absolute atomic E-state index is 0.749. The summed E-state index contributed by atoms with van der Waals surface area (Å²) in [7, 11) is 0. The Morgan fingerprint density at radius 3 is 3.00 bits per heavy atom. The summed E-state index contributed by atoms with van der Waals surface area (Å²) in [5, 5.41) is 0. The predicted octanol–water partition coefficient (Wildman–Crippen LogP) is 2.50. The van der Waals surface area contributed by atoms with Gasteiger partial charge in [0.1, 0.15) is 0 Å². The van der Waals surface area contributed by atoms with Gasteiger partial charge in [-0.05, 0) is 25.2 Å².